The molecule has 2 heterocycles. The molecule has 2 saturated heterocycles. The minimum atomic E-state index is -0.337. The van der Waals surface area contributed by atoms with E-state index in [1.807, 2.05) is 0 Å². The van der Waals surface area contributed by atoms with Crippen molar-refractivity contribution in [2.75, 3.05) is 0 Å². The van der Waals surface area contributed by atoms with Crippen LogP contribution in [-0.4, -0.2) is 36.6 Å². The van der Waals surface area contributed by atoms with Crippen molar-refractivity contribution < 1.29 is 18.6 Å². The van der Waals surface area contributed by atoms with E-state index in [2.05, 4.69) is 79.7 Å². The standard InChI is InChI=1S/C36H48B2O4/c1-32(2)33(3,4)40-37(39-32)28-15-13-24(26-20-36(21-27(26)28)17-9-10-18-36)25-14-16-29(31-23-12-11-22(19-23)30(25)31)38-41-34(5,6)35(7,8)42-38/h13-16,22-23H,9-12,17-21H2,1-8H3. The molecule has 2 atom stereocenters. The fraction of sp³-hybridized carbons (Fsp3) is 0.667. The molecule has 6 heteroatoms. The molecule has 4 aliphatic carbocycles. The molecule has 2 aromatic rings. The molecule has 2 aromatic carbocycles. The molecule has 222 valence electrons. The first-order chi connectivity index (χ1) is 19.7. The van der Waals surface area contributed by atoms with Crippen molar-refractivity contribution in [3.8, 4) is 11.1 Å². The Bertz CT molecular complexity index is 1440. The number of rotatable bonds is 3. The summed E-state index contributed by atoms with van der Waals surface area (Å²) < 4.78 is 26.5. The van der Waals surface area contributed by atoms with Gasteiger partial charge in [0.05, 0.1) is 22.4 Å². The van der Waals surface area contributed by atoms with E-state index in [1.54, 1.807) is 16.7 Å². The Morgan fingerprint density at radius 2 is 1.05 bits per heavy atom. The maximum atomic E-state index is 6.64. The summed E-state index contributed by atoms with van der Waals surface area (Å²) in [5.41, 5.74) is 10.7. The van der Waals surface area contributed by atoms with Gasteiger partial charge in [0.15, 0.2) is 0 Å². The molecule has 0 radical (unpaired) electrons. The highest BCUT2D eigenvalue weighted by molar-refractivity contribution is 6.63. The van der Waals surface area contributed by atoms with Gasteiger partial charge in [-0.05, 0) is 162 Å². The molecule has 2 bridgehead atoms. The first kappa shape index (κ1) is 27.9. The van der Waals surface area contributed by atoms with Gasteiger partial charge >= 0.3 is 14.2 Å². The molecule has 0 amide bonds. The van der Waals surface area contributed by atoms with Gasteiger partial charge in [-0.1, -0.05) is 37.1 Å². The summed E-state index contributed by atoms with van der Waals surface area (Å²) in [4.78, 5) is 0. The quantitative estimate of drug-likeness (QED) is 0.376. The van der Waals surface area contributed by atoms with Gasteiger partial charge in [-0.2, -0.15) is 0 Å². The lowest BCUT2D eigenvalue weighted by molar-refractivity contribution is 0.00578. The van der Waals surface area contributed by atoms with E-state index in [9.17, 15) is 0 Å². The average molecular weight is 566 g/mol. The summed E-state index contributed by atoms with van der Waals surface area (Å²) in [5.74, 6) is 1.26. The molecule has 2 aliphatic heterocycles. The molecular formula is C36H48B2O4. The molecule has 2 unspecified atom stereocenters. The van der Waals surface area contributed by atoms with Crippen molar-refractivity contribution in [1.29, 1.82) is 0 Å². The molecular weight excluding hydrogens is 518 g/mol. The normalized spacial score (nSPS) is 30.5. The third-order valence-corrected chi connectivity index (χ3v) is 13.1. The first-order valence-electron chi connectivity index (χ1n) is 16.7. The van der Waals surface area contributed by atoms with E-state index in [4.69, 9.17) is 18.6 Å². The van der Waals surface area contributed by atoms with Gasteiger partial charge in [0.25, 0.3) is 0 Å². The van der Waals surface area contributed by atoms with Crippen LogP contribution in [0.15, 0.2) is 24.3 Å². The second kappa shape index (κ2) is 8.77. The zero-order valence-electron chi connectivity index (χ0n) is 27.1. The number of hydrogen-bond donors (Lipinski definition) is 0. The number of benzene rings is 2. The van der Waals surface area contributed by atoms with Crippen molar-refractivity contribution in [2.24, 2.45) is 5.41 Å². The Morgan fingerprint density at radius 3 is 1.64 bits per heavy atom. The van der Waals surface area contributed by atoms with Crippen LogP contribution < -0.4 is 10.9 Å². The largest absolute Gasteiger partial charge is 0.495 e. The Morgan fingerprint density at radius 1 is 0.571 bits per heavy atom. The van der Waals surface area contributed by atoms with Crippen molar-refractivity contribution >= 4 is 25.2 Å². The van der Waals surface area contributed by atoms with E-state index in [0.717, 1.165) is 6.42 Å². The lowest BCUT2D eigenvalue weighted by Crippen LogP contribution is -2.41. The van der Waals surface area contributed by atoms with Crippen LogP contribution in [0.4, 0.5) is 0 Å². The summed E-state index contributed by atoms with van der Waals surface area (Å²) in [6, 6.07) is 9.55. The number of fused-ring (bicyclic) bond motifs is 6. The monoisotopic (exact) mass is 566 g/mol. The summed E-state index contributed by atoms with van der Waals surface area (Å²) >= 11 is 0. The molecule has 0 N–H and O–H groups in total. The fourth-order valence-corrected chi connectivity index (χ4v) is 9.32. The summed E-state index contributed by atoms with van der Waals surface area (Å²) in [6.07, 6.45) is 11.6. The van der Waals surface area contributed by atoms with Crippen LogP contribution in [0.25, 0.3) is 11.1 Å². The van der Waals surface area contributed by atoms with Crippen LogP contribution in [-0.2, 0) is 31.5 Å². The van der Waals surface area contributed by atoms with E-state index in [0.29, 0.717) is 17.3 Å². The predicted molar refractivity (Wildman–Crippen MR) is 171 cm³/mol. The second-order valence-electron chi connectivity index (χ2n) is 16.6. The van der Waals surface area contributed by atoms with Gasteiger partial charge in [-0.3, -0.25) is 0 Å². The fourth-order valence-electron chi connectivity index (χ4n) is 9.32. The van der Waals surface area contributed by atoms with Crippen molar-refractivity contribution in [3.05, 3.63) is 46.5 Å². The van der Waals surface area contributed by atoms with Crippen molar-refractivity contribution in [3.63, 3.8) is 0 Å². The minimum absolute atomic E-state index is 0.296. The Balaban J connectivity index is 1.25. The van der Waals surface area contributed by atoms with E-state index in [1.165, 1.54) is 79.0 Å². The second-order valence-corrected chi connectivity index (χ2v) is 16.6. The highest BCUT2D eigenvalue weighted by Crippen LogP contribution is 2.57. The molecule has 42 heavy (non-hydrogen) atoms. The lowest BCUT2D eigenvalue weighted by atomic mass is 9.69. The maximum absolute atomic E-state index is 6.64. The minimum Gasteiger partial charge on any atom is -0.399 e. The van der Waals surface area contributed by atoms with Gasteiger partial charge in [0.1, 0.15) is 0 Å². The molecule has 6 aliphatic rings. The molecule has 4 fully saturated rings. The van der Waals surface area contributed by atoms with Crippen LogP contribution in [0.1, 0.15) is 134 Å². The van der Waals surface area contributed by atoms with Crippen molar-refractivity contribution in [2.45, 2.75) is 147 Å². The SMILES string of the molecule is CC1(C)OB(c2ccc(-c3ccc(B4OC(C)(C)C(C)(C)O4)c4c3C3CCC4C3)c3c2CC2(CCCC2)C3)OC1(C)C. The zero-order chi connectivity index (χ0) is 29.4. The maximum Gasteiger partial charge on any atom is 0.495 e. The van der Waals surface area contributed by atoms with Crippen LogP contribution in [0.2, 0.25) is 0 Å². The van der Waals surface area contributed by atoms with Crippen LogP contribution >= 0.6 is 0 Å². The first-order valence-corrected chi connectivity index (χ1v) is 16.7. The van der Waals surface area contributed by atoms with Gasteiger partial charge in [-0.15, -0.1) is 0 Å². The molecule has 8 rings (SSSR count). The zero-order valence-corrected chi connectivity index (χ0v) is 27.1. The van der Waals surface area contributed by atoms with Crippen LogP contribution in [0.3, 0.4) is 0 Å². The van der Waals surface area contributed by atoms with E-state index >= 15 is 0 Å². The molecule has 0 aromatic heterocycles. The highest BCUT2D eigenvalue weighted by Gasteiger charge is 2.55. The van der Waals surface area contributed by atoms with Crippen LogP contribution in [0.5, 0.6) is 0 Å². The highest BCUT2D eigenvalue weighted by atomic mass is 16.7. The predicted octanol–water partition coefficient (Wildman–Crippen LogP) is 6.98. The van der Waals surface area contributed by atoms with E-state index in [-0.39, 0.29) is 36.6 Å². The number of hydrogen-bond acceptors (Lipinski definition) is 4. The van der Waals surface area contributed by atoms with E-state index < -0.39 is 0 Å². The van der Waals surface area contributed by atoms with Crippen molar-refractivity contribution in [1.82, 2.24) is 0 Å². The van der Waals surface area contributed by atoms with Gasteiger partial charge < -0.3 is 18.6 Å². The Labute approximate surface area is 253 Å². The van der Waals surface area contributed by atoms with Gasteiger partial charge in [0, 0.05) is 0 Å². The summed E-state index contributed by atoms with van der Waals surface area (Å²) in [7, 11) is -0.600. The molecule has 1 spiro atoms. The lowest BCUT2D eigenvalue weighted by Gasteiger charge is -2.32. The van der Waals surface area contributed by atoms with Gasteiger partial charge in [-0.25, -0.2) is 0 Å². The topological polar surface area (TPSA) is 36.9 Å². The van der Waals surface area contributed by atoms with Crippen LogP contribution in [0, 0.1) is 5.41 Å². The smallest absolute Gasteiger partial charge is 0.399 e. The third kappa shape index (κ3) is 3.83. The average Bonchev–Trinajstić information content (AvgIpc) is 3.74. The van der Waals surface area contributed by atoms with Gasteiger partial charge in [0.2, 0.25) is 0 Å². The summed E-state index contributed by atoms with van der Waals surface area (Å²) in [5, 5.41) is 0. The molecule has 2 saturated carbocycles. The summed E-state index contributed by atoms with van der Waals surface area (Å²) in [6.45, 7) is 17.3. The Hall–Kier alpha value is -1.59. The molecule has 4 nitrogen and oxygen atoms in total. The Kier molecular flexibility index (Phi) is 5.83. The third-order valence-electron chi connectivity index (χ3n) is 13.1.